The average Bonchev–Trinajstić information content (AvgIpc) is 3.10. The number of hydrogen-bond donors (Lipinski definition) is 1. The second kappa shape index (κ2) is 10.7. The first kappa shape index (κ1) is 23.8. The molecule has 9 heteroatoms. The quantitative estimate of drug-likeness (QED) is 0.443. The maximum Gasteiger partial charge on any atom is 0.258 e. The lowest BCUT2D eigenvalue weighted by molar-refractivity contribution is 0.0773. The Morgan fingerprint density at radius 3 is 2.53 bits per heavy atom. The van der Waals surface area contributed by atoms with Crippen LogP contribution in [0.5, 0.6) is 0 Å². The van der Waals surface area contributed by atoms with Crippen LogP contribution < -0.4 is 5.32 Å². The minimum absolute atomic E-state index is 0.136. The van der Waals surface area contributed by atoms with Crippen LogP contribution in [0.25, 0.3) is 0 Å². The molecular formula is C23H25ClN4O3S. The van der Waals surface area contributed by atoms with Crippen LogP contribution in [0.1, 0.15) is 51.6 Å². The Hall–Kier alpha value is -2.84. The number of carbonyl (C=O) groups is 2. The summed E-state index contributed by atoms with van der Waals surface area (Å²) in [6, 6.07) is 8.33. The number of anilines is 1. The molecule has 0 aliphatic heterocycles. The summed E-state index contributed by atoms with van der Waals surface area (Å²) in [4.78, 5) is 31.6. The Labute approximate surface area is 196 Å². The fourth-order valence-corrected chi connectivity index (χ4v) is 4.58. The molecule has 2 heterocycles. The number of aromatic nitrogens is 2. The molecule has 0 spiro atoms. The van der Waals surface area contributed by atoms with Gasteiger partial charge in [0.1, 0.15) is 10.8 Å². The fourth-order valence-electron chi connectivity index (χ4n) is 3.17. The van der Waals surface area contributed by atoms with Crippen molar-refractivity contribution in [3.05, 3.63) is 69.7 Å². The smallest absolute Gasteiger partial charge is 0.258 e. The molecule has 32 heavy (non-hydrogen) atoms. The highest BCUT2D eigenvalue weighted by Gasteiger charge is 2.18. The third kappa shape index (κ3) is 5.31. The number of thioether (sulfide) groups is 1. The van der Waals surface area contributed by atoms with Gasteiger partial charge < -0.3 is 14.7 Å². The molecule has 0 aliphatic carbocycles. The van der Waals surface area contributed by atoms with E-state index in [0.29, 0.717) is 45.7 Å². The topological polar surface area (TPSA) is 88.3 Å². The van der Waals surface area contributed by atoms with Crippen molar-refractivity contribution in [2.75, 3.05) is 18.4 Å². The molecule has 0 saturated carbocycles. The van der Waals surface area contributed by atoms with Gasteiger partial charge in [-0.1, -0.05) is 16.8 Å². The van der Waals surface area contributed by atoms with E-state index in [1.54, 1.807) is 41.4 Å². The number of halogens is 1. The number of pyridine rings is 1. The van der Waals surface area contributed by atoms with Gasteiger partial charge in [-0.15, -0.1) is 11.8 Å². The van der Waals surface area contributed by atoms with Gasteiger partial charge >= 0.3 is 0 Å². The van der Waals surface area contributed by atoms with Gasteiger partial charge in [0.25, 0.3) is 11.8 Å². The largest absolute Gasteiger partial charge is 0.361 e. The van der Waals surface area contributed by atoms with Crippen molar-refractivity contribution in [1.82, 2.24) is 15.0 Å². The molecule has 1 aromatic carbocycles. The zero-order valence-corrected chi connectivity index (χ0v) is 20.0. The van der Waals surface area contributed by atoms with Gasteiger partial charge in [0.15, 0.2) is 0 Å². The van der Waals surface area contributed by atoms with Crippen molar-refractivity contribution < 1.29 is 14.1 Å². The van der Waals surface area contributed by atoms with Gasteiger partial charge in [-0.3, -0.25) is 9.59 Å². The summed E-state index contributed by atoms with van der Waals surface area (Å²) >= 11 is 7.79. The Kier molecular flexibility index (Phi) is 7.93. The van der Waals surface area contributed by atoms with Gasteiger partial charge in [-0.25, -0.2) is 4.98 Å². The minimum Gasteiger partial charge on any atom is -0.361 e. The molecule has 1 N–H and O–H groups in total. The van der Waals surface area contributed by atoms with E-state index in [9.17, 15) is 9.59 Å². The minimum atomic E-state index is -0.307. The summed E-state index contributed by atoms with van der Waals surface area (Å²) in [6.07, 6.45) is 1.65. The van der Waals surface area contributed by atoms with Crippen molar-refractivity contribution >= 4 is 40.9 Å². The number of nitrogens with zero attached hydrogens (tertiary/aromatic N) is 3. The van der Waals surface area contributed by atoms with E-state index >= 15 is 0 Å². The lowest BCUT2D eigenvalue weighted by Crippen LogP contribution is -2.30. The van der Waals surface area contributed by atoms with Crippen molar-refractivity contribution in [2.45, 2.75) is 38.5 Å². The first-order chi connectivity index (χ1) is 15.3. The number of nitrogens with one attached hydrogen (secondary N) is 1. The molecule has 168 valence electrons. The van der Waals surface area contributed by atoms with Crippen molar-refractivity contribution in [1.29, 1.82) is 0 Å². The first-order valence-corrected chi connectivity index (χ1v) is 11.6. The van der Waals surface area contributed by atoms with Crippen molar-refractivity contribution in [3.8, 4) is 0 Å². The van der Waals surface area contributed by atoms with Gasteiger partial charge in [0.05, 0.1) is 21.8 Å². The predicted molar refractivity (Wildman–Crippen MR) is 126 cm³/mol. The summed E-state index contributed by atoms with van der Waals surface area (Å²) in [5, 5.41) is 7.70. The molecule has 0 saturated heterocycles. The number of amides is 2. The van der Waals surface area contributed by atoms with Crippen LogP contribution in [0, 0.1) is 13.8 Å². The van der Waals surface area contributed by atoms with Crippen LogP contribution in [0.15, 0.2) is 46.1 Å². The summed E-state index contributed by atoms with van der Waals surface area (Å²) in [5.41, 5.74) is 3.17. The van der Waals surface area contributed by atoms with Crippen LogP contribution >= 0.6 is 23.4 Å². The molecular weight excluding hydrogens is 448 g/mol. The Morgan fingerprint density at radius 1 is 1.16 bits per heavy atom. The van der Waals surface area contributed by atoms with E-state index < -0.39 is 0 Å². The van der Waals surface area contributed by atoms with E-state index in [4.69, 9.17) is 16.1 Å². The molecule has 2 aromatic heterocycles. The molecule has 2 amide bonds. The van der Waals surface area contributed by atoms with E-state index in [-0.39, 0.29) is 11.8 Å². The van der Waals surface area contributed by atoms with E-state index in [2.05, 4.69) is 15.5 Å². The van der Waals surface area contributed by atoms with Crippen LogP contribution in [0.3, 0.4) is 0 Å². The number of carbonyl (C=O) groups excluding carboxylic acids is 2. The molecule has 0 bridgehead atoms. The van der Waals surface area contributed by atoms with E-state index in [1.165, 1.54) is 11.8 Å². The molecule has 0 aliphatic rings. The monoisotopic (exact) mass is 472 g/mol. The fraction of sp³-hybridized carbons (Fsp3) is 0.304. The zero-order chi connectivity index (χ0) is 23.3. The van der Waals surface area contributed by atoms with Crippen LogP contribution in [0.2, 0.25) is 5.02 Å². The summed E-state index contributed by atoms with van der Waals surface area (Å²) < 4.78 is 5.20. The van der Waals surface area contributed by atoms with Gasteiger partial charge in [-0.05, 0) is 58.0 Å². The molecule has 0 atom stereocenters. The summed E-state index contributed by atoms with van der Waals surface area (Å²) in [5.74, 6) is 0.902. The lowest BCUT2D eigenvalue weighted by Gasteiger charge is -2.19. The Morgan fingerprint density at radius 2 is 1.91 bits per heavy atom. The number of aryl methyl sites for hydroxylation is 2. The number of hydrogen-bond acceptors (Lipinski definition) is 6. The molecule has 0 radical (unpaired) electrons. The maximum atomic E-state index is 12.9. The van der Waals surface area contributed by atoms with Crippen LogP contribution in [-0.2, 0) is 5.75 Å². The molecule has 0 unspecified atom stereocenters. The van der Waals surface area contributed by atoms with Gasteiger partial charge in [0, 0.05) is 36.3 Å². The third-order valence-corrected chi connectivity index (χ3v) is 6.40. The summed E-state index contributed by atoms with van der Waals surface area (Å²) in [6.45, 7) is 8.77. The average molecular weight is 473 g/mol. The standard InChI is InChI=1S/C23H25ClN4O3S/c1-5-28(6-2)23(30)17-10-9-16(12-20(17)24)26-21(29)18-8-7-11-25-22(18)32-13-19-14(3)27-31-15(19)4/h7-12H,5-6,13H2,1-4H3,(H,26,29). The van der Waals surface area contributed by atoms with Crippen LogP contribution in [0.4, 0.5) is 5.69 Å². The second-order valence-corrected chi connectivity index (χ2v) is 8.44. The maximum absolute atomic E-state index is 12.9. The van der Waals surface area contributed by atoms with E-state index in [0.717, 1.165) is 17.0 Å². The highest BCUT2D eigenvalue weighted by atomic mass is 35.5. The van der Waals surface area contributed by atoms with Crippen molar-refractivity contribution in [3.63, 3.8) is 0 Å². The molecule has 0 fully saturated rings. The summed E-state index contributed by atoms with van der Waals surface area (Å²) in [7, 11) is 0. The molecule has 3 aromatic rings. The normalized spacial score (nSPS) is 10.8. The van der Waals surface area contributed by atoms with Gasteiger partial charge in [-0.2, -0.15) is 0 Å². The molecule has 7 nitrogen and oxygen atoms in total. The molecule has 3 rings (SSSR count). The van der Waals surface area contributed by atoms with Crippen molar-refractivity contribution in [2.24, 2.45) is 0 Å². The predicted octanol–water partition coefficient (Wildman–Crippen LogP) is 5.37. The first-order valence-electron chi connectivity index (χ1n) is 10.2. The SMILES string of the molecule is CCN(CC)C(=O)c1ccc(NC(=O)c2cccnc2SCc2c(C)noc2C)cc1Cl. The number of rotatable bonds is 8. The second-order valence-electron chi connectivity index (χ2n) is 7.07. The number of benzene rings is 1. The van der Waals surface area contributed by atoms with E-state index in [1.807, 2.05) is 27.7 Å². The zero-order valence-electron chi connectivity index (χ0n) is 18.4. The Bertz CT molecular complexity index is 1110. The highest BCUT2D eigenvalue weighted by molar-refractivity contribution is 7.98. The Balaban J connectivity index is 1.75. The van der Waals surface area contributed by atoms with Gasteiger partial charge in [0.2, 0.25) is 0 Å². The highest BCUT2D eigenvalue weighted by Crippen LogP contribution is 2.28. The van der Waals surface area contributed by atoms with Crippen LogP contribution in [-0.4, -0.2) is 39.9 Å². The third-order valence-electron chi connectivity index (χ3n) is 5.06. The lowest BCUT2D eigenvalue weighted by atomic mass is 10.1.